The van der Waals surface area contributed by atoms with E-state index in [1.165, 1.54) is 38.3 Å². The van der Waals surface area contributed by atoms with Crippen LogP contribution in [-0.2, 0) is 0 Å². The second kappa shape index (κ2) is 16.4. The van der Waals surface area contributed by atoms with E-state index in [1.54, 1.807) is 0 Å². The maximum absolute atomic E-state index is 5.25. The van der Waals surface area contributed by atoms with Crippen LogP contribution in [0.4, 0.5) is 0 Å². The smallest absolute Gasteiger partial charge is 0.164 e. The lowest BCUT2D eigenvalue weighted by Crippen LogP contribution is -2.04. The van der Waals surface area contributed by atoms with Crippen molar-refractivity contribution in [2.75, 3.05) is 0 Å². The molecular formula is C63H41N5. The van der Waals surface area contributed by atoms with E-state index in [-0.39, 0.29) is 0 Å². The van der Waals surface area contributed by atoms with Gasteiger partial charge in [0.25, 0.3) is 0 Å². The Kier molecular flexibility index (Phi) is 9.43. The fourth-order valence-electron chi connectivity index (χ4n) is 10.0. The van der Waals surface area contributed by atoms with Crippen molar-refractivity contribution in [2.45, 2.75) is 0 Å². The Balaban J connectivity index is 1.13. The Bertz CT molecular complexity index is 3820. The summed E-state index contributed by atoms with van der Waals surface area (Å²) in [4.78, 5) is 15.5. The predicted molar refractivity (Wildman–Crippen MR) is 281 cm³/mol. The zero-order chi connectivity index (χ0) is 45.0. The fourth-order valence-corrected chi connectivity index (χ4v) is 10.0. The average molecular weight is 868 g/mol. The number of rotatable bonds is 8. The Morgan fingerprint density at radius 3 is 1.12 bits per heavy atom. The highest BCUT2D eigenvalue weighted by Gasteiger charge is 2.24. The zero-order valence-corrected chi connectivity index (χ0v) is 36.9. The maximum Gasteiger partial charge on any atom is 0.164 e. The highest BCUT2D eigenvalue weighted by molar-refractivity contribution is 6.14. The molecule has 68 heavy (non-hydrogen) atoms. The molecule has 0 radical (unpaired) electrons. The minimum absolute atomic E-state index is 0.601. The number of nitrogens with zero attached hydrogens (tertiary/aromatic N) is 5. The molecule has 5 heteroatoms. The third-order valence-electron chi connectivity index (χ3n) is 13.2. The van der Waals surface area contributed by atoms with Crippen molar-refractivity contribution < 1.29 is 0 Å². The Hall–Kier alpha value is -9.19. The quantitative estimate of drug-likeness (QED) is 0.153. The van der Waals surface area contributed by atoms with E-state index in [9.17, 15) is 0 Å². The minimum Gasteiger partial charge on any atom is -0.309 e. The Morgan fingerprint density at radius 2 is 0.618 bits per heavy atom. The summed E-state index contributed by atoms with van der Waals surface area (Å²) in [6, 6.07) is 88.4. The molecule has 0 aliphatic rings. The summed E-state index contributed by atoms with van der Waals surface area (Å²) in [6.07, 6.45) is 0. The van der Waals surface area contributed by atoms with E-state index in [2.05, 4.69) is 221 Å². The monoisotopic (exact) mass is 867 g/mol. The summed E-state index contributed by atoms with van der Waals surface area (Å²) in [5, 5.41) is 4.81. The molecule has 0 spiro atoms. The lowest BCUT2D eigenvalue weighted by Gasteiger charge is -2.21. The molecule has 10 aromatic carbocycles. The first-order valence-electron chi connectivity index (χ1n) is 23.0. The van der Waals surface area contributed by atoms with Crippen LogP contribution in [0.25, 0.3) is 123 Å². The second-order valence-electron chi connectivity index (χ2n) is 17.2. The molecule has 0 saturated heterocycles. The highest BCUT2D eigenvalue weighted by Crippen LogP contribution is 2.45. The lowest BCUT2D eigenvalue weighted by atomic mass is 9.92. The molecule has 0 atom stereocenters. The van der Waals surface area contributed by atoms with Crippen LogP contribution in [0.15, 0.2) is 249 Å². The fraction of sp³-hybridized carbons (Fsp3) is 0. The SMILES string of the molecule is c1ccc(-c2ccc3c(c2)c2cc(-n4c5ccccc5c5ccccc54)ccc2n3-c2c(-c3ccccc3)cc(-c3nc(-c4ccccc4)nc(-c4ccccc4)n3)cc2-c2ccccc2)cc1. The first-order valence-corrected chi connectivity index (χ1v) is 23.0. The molecule has 0 aliphatic carbocycles. The first kappa shape index (κ1) is 39.2. The van der Waals surface area contributed by atoms with E-state index in [4.69, 9.17) is 15.0 Å². The Labute approximate surface area is 393 Å². The van der Waals surface area contributed by atoms with Crippen LogP contribution < -0.4 is 0 Å². The maximum atomic E-state index is 5.25. The summed E-state index contributed by atoms with van der Waals surface area (Å²) in [5.41, 5.74) is 16.1. The molecule has 0 saturated carbocycles. The summed E-state index contributed by atoms with van der Waals surface area (Å²) in [5.74, 6) is 1.85. The van der Waals surface area contributed by atoms with Gasteiger partial charge < -0.3 is 9.13 Å². The number of fused-ring (bicyclic) bond motifs is 6. The first-order chi connectivity index (χ1) is 33.7. The van der Waals surface area contributed by atoms with Crippen LogP contribution in [-0.4, -0.2) is 24.1 Å². The van der Waals surface area contributed by atoms with E-state index in [1.807, 2.05) is 36.4 Å². The van der Waals surface area contributed by atoms with Crippen LogP contribution in [0.1, 0.15) is 0 Å². The molecule has 0 amide bonds. The summed E-state index contributed by atoms with van der Waals surface area (Å²) >= 11 is 0. The standard InChI is InChI=1S/C63H41N5/c1-6-20-42(21-7-1)47-34-36-58-54(38-47)55-41-49(67-56-32-18-16-30-50(56)51-31-17-19-33-57(51)67)35-37-59(55)68(58)60-52(43-22-8-2-9-23-43)39-48(40-53(60)44-24-10-3-11-25-44)63-65-61(45-26-12-4-13-27-45)64-62(66-63)46-28-14-5-15-29-46/h1-41H. The molecule has 5 nitrogen and oxygen atoms in total. The zero-order valence-electron chi connectivity index (χ0n) is 36.9. The summed E-state index contributed by atoms with van der Waals surface area (Å²) < 4.78 is 4.90. The van der Waals surface area contributed by atoms with Crippen LogP contribution >= 0.6 is 0 Å². The second-order valence-corrected chi connectivity index (χ2v) is 17.2. The van der Waals surface area contributed by atoms with Crippen LogP contribution in [0.5, 0.6) is 0 Å². The lowest BCUT2D eigenvalue weighted by molar-refractivity contribution is 1.07. The van der Waals surface area contributed by atoms with Crippen molar-refractivity contribution in [3.05, 3.63) is 249 Å². The van der Waals surface area contributed by atoms with Gasteiger partial charge in [0.1, 0.15) is 0 Å². The molecule has 3 heterocycles. The van der Waals surface area contributed by atoms with Gasteiger partial charge in [-0.05, 0) is 76.9 Å². The molecule has 0 fully saturated rings. The van der Waals surface area contributed by atoms with Crippen LogP contribution in [0.2, 0.25) is 0 Å². The van der Waals surface area contributed by atoms with Crippen molar-refractivity contribution in [3.63, 3.8) is 0 Å². The minimum atomic E-state index is 0.601. The van der Waals surface area contributed by atoms with Gasteiger partial charge in [0.05, 0.1) is 27.8 Å². The van der Waals surface area contributed by atoms with Crippen molar-refractivity contribution in [1.82, 2.24) is 24.1 Å². The van der Waals surface area contributed by atoms with Gasteiger partial charge in [0.2, 0.25) is 0 Å². The molecule has 0 aliphatic heterocycles. The highest BCUT2D eigenvalue weighted by atomic mass is 15.0. The largest absolute Gasteiger partial charge is 0.309 e. The van der Waals surface area contributed by atoms with Crippen molar-refractivity contribution in [3.8, 4) is 78.9 Å². The van der Waals surface area contributed by atoms with E-state index < -0.39 is 0 Å². The van der Waals surface area contributed by atoms with Crippen molar-refractivity contribution in [1.29, 1.82) is 0 Å². The van der Waals surface area contributed by atoms with Gasteiger partial charge in [-0.2, -0.15) is 0 Å². The van der Waals surface area contributed by atoms with Crippen LogP contribution in [0, 0.1) is 0 Å². The number of benzene rings is 10. The molecule has 0 unspecified atom stereocenters. The van der Waals surface area contributed by atoms with Gasteiger partial charge in [-0.15, -0.1) is 0 Å². The molecule has 0 N–H and O–H groups in total. The van der Waals surface area contributed by atoms with E-state index >= 15 is 0 Å². The third-order valence-corrected chi connectivity index (χ3v) is 13.2. The van der Waals surface area contributed by atoms with Crippen molar-refractivity contribution >= 4 is 43.6 Å². The van der Waals surface area contributed by atoms with Gasteiger partial charge in [-0.1, -0.05) is 194 Å². The normalized spacial score (nSPS) is 11.5. The summed E-state index contributed by atoms with van der Waals surface area (Å²) in [6.45, 7) is 0. The molecular weight excluding hydrogens is 827 g/mol. The predicted octanol–water partition coefficient (Wildman–Crippen LogP) is 16.1. The third kappa shape index (κ3) is 6.68. The van der Waals surface area contributed by atoms with E-state index in [0.717, 1.165) is 66.7 Å². The number of hydrogen-bond donors (Lipinski definition) is 0. The molecule has 0 bridgehead atoms. The topological polar surface area (TPSA) is 48.5 Å². The van der Waals surface area contributed by atoms with Gasteiger partial charge in [0.15, 0.2) is 17.5 Å². The molecule has 318 valence electrons. The van der Waals surface area contributed by atoms with Gasteiger partial charge in [0, 0.05) is 55.0 Å². The number of hydrogen-bond acceptors (Lipinski definition) is 3. The van der Waals surface area contributed by atoms with Crippen LogP contribution in [0.3, 0.4) is 0 Å². The molecule has 13 aromatic rings. The van der Waals surface area contributed by atoms with Gasteiger partial charge in [-0.3, -0.25) is 0 Å². The number of para-hydroxylation sites is 2. The Morgan fingerprint density at radius 1 is 0.235 bits per heavy atom. The number of aromatic nitrogens is 5. The summed E-state index contributed by atoms with van der Waals surface area (Å²) in [7, 11) is 0. The van der Waals surface area contributed by atoms with E-state index in [0.29, 0.717) is 17.5 Å². The van der Waals surface area contributed by atoms with Gasteiger partial charge in [-0.25, -0.2) is 15.0 Å². The average Bonchev–Trinajstić information content (AvgIpc) is 3.93. The molecule has 13 rings (SSSR count). The van der Waals surface area contributed by atoms with Crippen molar-refractivity contribution in [2.24, 2.45) is 0 Å². The molecule has 3 aromatic heterocycles. The van der Waals surface area contributed by atoms with Gasteiger partial charge >= 0.3 is 0 Å².